The van der Waals surface area contributed by atoms with Crippen LogP contribution < -0.4 is 0 Å². The first-order valence-corrected chi connectivity index (χ1v) is 12.9. The monoisotopic (exact) mass is 429 g/mol. The van der Waals surface area contributed by atoms with Gasteiger partial charge in [0, 0.05) is 23.3 Å². The molecule has 1 aromatic heterocycles. The molecule has 154 valence electrons. The molecule has 0 unspecified atom stereocenters. The molecule has 3 atom stereocenters. The van der Waals surface area contributed by atoms with Crippen molar-refractivity contribution in [1.82, 2.24) is 4.31 Å². The van der Waals surface area contributed by atoms with E-state index in [1.807, 2.05) is 30.3 Å². The average Bonchev–Trinajstić information content (AvgIpc) is 3.30. The summed E-state index contributed by atoms with van der Waals surface area (Å²) in [6.07, 6.45) is 2.95. The van der Waals surface area contributed by atoms with E-state index in [0.717, 1.165) is 24.0 Å². The van der Waals surface area contributed by atoms with Gasteiger partial charge in [0.1, 0.15) is 5.78 Å². The lowest BCUT2D eigenvalue weighted by atomic mass is 9.70. The molecule has 0 saturated heterocycles. The highest BCUT2D eigenvalue weighted by Gasteiger charge is 2.65. The van der Waals surface area contributed by atoms with Crippen molar-refractivity contribution >= 4 is 27.1 Å². The summed E-state index contributed by atoms with van der Waals surface area (Å²) in [6, 6.07) is 11.7. The zero-order valence-electron chi connectivity index (χ0n) is 16.9. The molecule has 2 aliphatic carbocycles. The fraction of sp³-hybridized carbons (Fsp3) is 0.522. The van der Waals surface area contributed by atoms with Gasteiger partial charge in [0.2, 0.25) is 10.0 Å². The smallest absolute Gasteiger partial charge is 0.215 e. The number of hydrogen-bond acceptors (Lipinski definition) is 4. The van der Waals surface area contributed by atoms with Gasteiger partial charge < -0.3 is 0 Å². The van der Waals surface area contributed by atoms with Gasteiger partial charge >= 0.3 is 0 Å². The van der Waals surface area contributed by atoms with Gasteiger partial charge in [-0.15, -0.1) is 11.3 Å². The van der Waals surface area contributed by atoms with Crippen LogP contribution in [0.4, 0.5) is 0 Å². The second-order valence-electron chi connectivity index (χ2n) is 9.40. The van der Waals surface area contributed by atoms with Crippen molar-refractivity contribution in [1.29, 1.82) is 0 Å². The lowest BCUT2D eigenvalue weighted by Gasteiger charge is -2.40. The number of thiophene rings is 1. The summed E-state index contributed by atoms with van der Waals surface area (Å²) < 4.78 is 29.4. The predicted octanol–water partition coefficient (Wildman–Crippen LogP) is 4.42. The van der Waals surface area contributed by atoms with Crippen LogP contribution in [0.1, 0.15) is 55.2 Å². The normalized spacial score (nSPS) is 31.2. The van der Waals surface area contributed by atoms with Crippen LogP contribution >= 0.6 is 11.3 Å². The Bertz CT molecular complexity index is 1060. The summed E-state index contributed by atoms with van der Waals surface area (Å²) in [5, 5.41) is 2.06. The Balaban J connectivity index is 1.56. The summed E-state index contributed by atoms with van der Waals surface area (Å²) in [4.78, 5) is 14.2. The molecule has 29 heavy (non-hydrogen) atoms. The van der Waals surface area contributed by atoms with E-state index in [1.54, 1.807) is 15.6 Å². The second kappa shape index (κ2) is 6.50. The van der Waals surface area contributed by atoms with E-state index < -0.39 is 15.4 Å². The average molecular weight is 430 g/mol. The van der Waals surface area contributed by atoms with E-state index in [0.29, 0.717) is 25.3 Å². The van der Waals surface area contributed by atoms with Crippen LogP contribution in [0.3, 0.4) is 0 Å². The van der Waals surface area contributed by atoms with E-state index in [9.17, 15) is 13.2 Å². The maximum atomic E-state index is 13.9. The van der Waals surface area contributed by atoms with Crippen LogP contribution in [0.2, 0.25) is 0 Å². The first kappa shape index (κ1) is 19.5. The minimum absolute atomic E-state index is 0.0505. The molecule has 1 aromatic carbocycles. The number of carbonyl (C=O) groups is 1. The summed E-state index contributed by atoms with van der Waals surface area (Å²) in [6.45, 7) is 4.68. The van der Waals surface area contributed by atoms with Crippen molar-refractivity contribution in [3.05, 3.63) is 57.8 Å². The highest BCUT2D eigenvalue weighted by molar-refractivity contribution is 7.89. The Kier molecular flexibility index (Phi) is 4.36. The molecule has 2 aromatic rings. The molecule has 0 N–H and O–H groups in total. The molecule has 0 amide bonds. The van der Waals surface area contributed by atoms with Gasteiger partial charge in [0.05, 0.1) is 11.8 Å². The van der Waals surface area contributed by atoms with Gasteiger partial charge in [-0.3, -0.25) is 4.79 Å². The zero-order valence-corrected chi connectivity index (χ0v) is 18.6. The first-order chi connectivity index (χ1) is 13.8. The predicted molar refractivity (Wildman–Crippen MR) is 115 cm³/mol. The topological polar surface area (TPSA) is 54.5 Å². The fourth-order valence-electron chi connectivity index (χ4n) is 6.08. The second-order valence-corrected chi connectivity index (χ2v) is 12.3. The van der Waals surface area contributed by atoms with Crippen LogP contribution in [0, 0.1) is 16.7 Å². The van der Waals surface area contributed by atoms with Crippen LogP contribution in [0.5, 0.6) is 0 Å². The van der Waals surface area contributed by atoms with Crippen molar-refractivity contribution in [2.24, 2.45) is 16.7 Å². The number of rotatable bonds is 4. The Hall–Kier alpha value is -1.50. The highest BCUT2D eigenvalue weighted by atomic mass is 32.2. The standard InChI is InChI=1S/C23H27NO3S2/c1-22(2)17-8-11-23(22,20(25)14-17)15-29(26,27)24-12-9-19-18(10-13-28-19)21(24)16-6-4-3-5-7-16/h3-7,10,13,17,21H,8-9,11-12,14-15H2,1-2H3/t17-,21+,23+/m0/s1. The number of Topliss-reactive ketones (excluding diaryl/α,β-unsaturated/α-hetero) is 1. The Morgan fingerprint density at radius 2 is 1.93 bits per heavy atom. The Labute approximate surface area is 177 Å². The summed E-state index contributed by atoms with van der Waals surface area (Å²) in [5.74, 6) is 0.428. The van der Waals surface area contributed by atoms with Gasteiger partial charge in [0.15, 0.2) is 0 Å². The first-order valence-electron chi connectivity index (χ1n) is 10.4. The van der Waals surface area contributed by atoms with Crippen LogP contribution in [0.25, 0.3) is 0 Å². The zero-order chi connectivity index (χ0) is 20.4. The third-order valence-corrected chi connectivity index (χ3v) is 10.9. The largest absolute Gasteiger partial charge is 0.299 e. The highest BCUT2D eigenvalue weighted by Crippen LogP contribution is 2.64. The van der Waals surface area contributed by atoms with Gasteiger partial charge in [-0.25, -0.2) is 8.42 Å². The van der Waals surface area contributed by atoms with Crippen LogP contribution in [-0.4, -0.2) is 30.8 Å². The van der Waals surface area contributed by atoms with Crippen molar-refractivity contribution in [2.45, 2.75) is 45.6 Å². The molecule has 0 spiro atoms. The lowest BCUT2D eigenvalue weighted by Crippen LogP contribution is -2.49. The number of nitrogens with zero attached hydrogens (tertiary/aromatic N) is 1. The molecule has 3 aliphatic rings. The third kappa shape index (κ3) is 2.72. The molecule has 0 radical (unpaired) electrons. The number of sulfonamides is 1. The number of ketones is 1. The fourth-order valence-corrected chi connectivity index (χ4v) is 9.37. The molecule has 2 saturated carbocycles. The molecular weight excluding hydrogens is 402 g/mol. The number of hydrogen-bond donors (Lipinski definition) is 0. The minimum Gasteiger partial charge on any atom is -0.299 e. The maximum absolute atomic E-state index is 13.9. The van der Waals surface area contributed by atoms with Crippen molar-refractivity contribution in [2.75, 3.05) is 12.3 Å². The summed E-state index contributed by atoms with van der Waals surface area (Å²) in [5.41, 5.74) is 1.11. The van der Waals surface area contributed by atoms with Crippen molar-refractivity contribution in [3.8, 4) is 0 Å². The summed E-state index contributed by atoms with van der Waals surface area (Å²) in [7, 11) is -3.62. The SMILES string of the molecule is CC1(C)[C@H]2CC[C@@]1(CS(=O)(=O)N1CCc3sccc3[C@H]1c1ccccc1)C(=O)C2. The van der Waals surface area contributed by atoms with Gasteiger partial charge in [0.25, 0.3) is 0 Å². The van der Waals surface area contributed by atoms with E-state index in [1.165, 1.54) is 4.88 Å². The van der Waals surface area contributed by atoms with Crippen molar-refractivity contribution in [3.63, 3.8) is 0 Å². The number of carbonyl (C=O) groups excluding carboxylic acids is 1. The molecule has 4 nitrogen and oxygen atoms in total. The molecule has 1 aliphatic heterocycles. The van der Waals surface area contributed by atoms with E-state index in [4.69, 9.17) is 0 Å². The van der Waals surface area contributed by atoms with E-state index in [-0.39, 0.29) is 23.0 Å². The number of benzene rings is 1. The molecule has 2 fully saturated rings. The minimum atomic E-state index is -3.62. The molecule has 2 bridgehead atoms. The molecule has 5 rings (SSSR count). The molecule has 2 heterocycles. The number of fused-ring (bicyclic) bond motifs is 3. The van der Waals surface area contributed by atoms with Crippen LogP contribution in [-0.2, 0) is 21.2 Å². The Morgan fingerprint density at radius 3 is 2.59 bits per heavy atom. The maximum Gasteiger partial charge on any atom is 0.215 e. The van der Waals surface area contributed by atoms with Crippen molar-refractivity contribution < 1.29 is 13.2 Å². The lowest BCUT2D eigenvalue weighted by molar-refractivity contribution is -0.128. The quantitative estimate of drug-likeness (QED) is 0.723. The van der Waals surface area contributed by atoms with E-state index in [2.05, 4.69) is 25.3 Å². The van der Waals surface area contributed by atoms with Crippen LogP contribution in [0.15, 0.2) is 41.8 Å². The van der Waals surface area contributed by atoms with E-state index >= 15 is 0 Å². The van der Waals surface area contributed by atoms with Gasteiger partial charge in [-0.2, -0.15) is 4.31 Å². The Morgan fingerprint density at radius 1 is 1.17 bits per heavy atom. The van der Waals surface area contributed by atoms with Gasteiger partial charge in [-0.05, 0) is 53.2 Å². The third-order valence-electron chi connectivity index (χ3n) is 7.96. The van der Waals surface area contributed by atoms with Gasteiger partial charge in [-0.1, -0.05) is 44.2 Å². The molecule has 6 heteroatoms. The summed E-state index contributed by atoms with van der Waals surface area (Å²) >= 11 is 1.70. The molecular formula is C23H27NO3S2.